The van der Waals surface area contributed by atoms with Gasteiger partial charge in [0.15, 0.2) is 0 Å². The first kappa shape index (κ1) is 16.6. The fraction of sp³-hybridized carbons (Fsp3) is 0.643. The van der Waals surface area contributed by atoms with Gasteiger partial charge in [-0.2, -0.15) is 5.10 Å². The van der Waals surface area contributed by atoms with Crippen LogP contribution in [0.2, 0.25) is 0 Å². The Labute approximate surface area is 138 Å². The van der Waals surface area contributed by atoms with Crippen molar-refractivity contribution in [1.29, 1.82) is 0 Å². The number of aryl methyl sites for hydroxylation is 3. The van der Waals surface area contributed by atoms with Crippen molar-refractivity contribution >= 4 is 27.5 Å². The van der Waals surface area contributed by atoms with E-state index < -0.39 is 0 Å². The predicted molar refractivity (Wildman–Crippen MR) is 89.5 cm³/mol. The molecule has 2 aromatic rings. The van der Waals surface area contributed by atoms with Crippen LogP contribution in [0.4, 0.5) is 0 Å². The number of nitrogens with zero attached hydrogens (tertiary/aromatic N) is 4. The fourth-order valence-corrected chi connectivity index (χ4v) is 3.84. The topological polar surface area (TPSA) is 69.6 Å². The lowest BCUT2D eigenvalue weighted by Gasteiger charge is -2.12. The molecule has 0 saturated heterocycles. The van der Waals surface area contributed by atoms with Crippen LogP contribution in [0.5, 0.6) is 0 Å². The van der Waals surface area contributed by atoms with Crippen molar-refractivity contribution in [2.75, 3.05) is 0 Å². The third-order valence-electron chi connectivity index (χ3n) is 3.52. The monoisotopic (exact) mass is 371 g/mol. The van der Waals surface area contributed by atoms with E-state index in [0.29, 0.717) is 0 Å². The van der Waals surface area contributed by atoms with Gasteiger partial charge in [0.25, 0.3) is 0 Å². The van der Waals surface area contributed by atoms with Gasteiger partial charge >= 0.3 is 0 Å². The maximum absolute atomic E-state index is 6.41. The van der Waals surface area contributed by atoms with Gasteiger partial charge in [-0.25, -0.2) is 0 Å². The largest absolute Gasteiger partial charge is 0.323 e. The van der Waals surface area contributed by atoms with E-state index in [1.54, 1.807) is 0 Å². The molecule has 7 heteroatoms. The first-order valence-electron chi connectivity index (χ1n) is 7.42. The molecule has 0 aliphatic rings. The molecule has 0 aliphatic heterocycles. The highest BCUT2D eigenvalue weighted by atomic mass is 79.9. The SMILES string of the molecule is CCCc1nnsc1C(N)Cc1c(Br)c(CC)nn1CC. The highest BCUT2D eigenvalue weighted by Crippen LogP contribution is 2.28. The summed E-state index contributed by atoms with van der Waals surface area (Å²) in [4.78, 5) is 1.10. The summed E-state index contributed by atoms with van der Waals surface area (Å²) in [5.41, 5.74) is 9.72. The quantitative estimate of drug-likeness (QED) is 0.810. The predicted octanol–water partition coefficient (Wildman–Crippen LogP) is 3.27. The van der Waals surface area contributed by atoms with Crippen molar-refractivity contribution in [2.45, 2.75) is 59.0 Å². The minimum absolute atomic E-state index is 0.0745. The summed E-state index contributed by atoms with van der Waals surface area (Å²) in [6, 6.07) is -0.0745. The second-order valence-electron chi connectivity index (χ2n) is 5.02. The maximum Gasteiger partial charge on any atom is 0.0803 e. The Morgan fingerprint density at radius 1 is 1.29 bits per heavy atom. The van der Waals surface area contributed by atoms with Gasteiger partial charge in [-0.15, -0.1) is 5.10 Å². The lowest BCUT2D eigenvalue weighted by molar-refractivity contribution is 0.585. The van der Waals surface area contributed by atoms with Gasteiger partial charge in [0.2, 0.25) is 0 Å². The molecule has 1 atom stereocenters. The van der Waals surface area contributed by atoms with Gasteiger partial charge in [-0.1, -0.05) is 24.8 Å². The normalized spacial score (nSPS) is 12.8. The minimum atomic E-state index is -0.0745. The molecule has 0 aromatic carbocycles. The summed E-state index contributed by atoms with van der Waals surface area (Å²) in [5.74, 6) is 0. The molecule has 2 heterocycles. The summed E-state index contributed by atoms with van der Waals surface area (Å²) in [5, 5.41) is 8.84. The Balaban J connectivity index is 2.24. The van der Waals surface area contributed by atoms with Gasteiger partial charge in [0, 0.05) is 19.0 Å². The Hall–Kier alpha value is -0.790. The van der Waals surface area contributed by atoms with Crippen LogP contribution in [0, 0.1) is 0 Å². The lowest BCUT2D eigenvalue weighted by Crippen LogP contribution is -2.17. The van der Waals surface area contributed by atoms with Crippen LogP contribution < -0.4 is 5.73 Å². The highest BCUT2D eigenvalue weighted by Gasteiger charge is 2.21. The van der Waals surface area contributed by atoms with E-state index in [-0.39, 0.29) is 6.04 Å². The standard InChI is InChI=1S/C14H22BrN5S/c1-4-7-11-14(21-19-17-11)9(16)8-12-13(15)10(5-2)18-20(12)6-3/h9H,4-8,16H2,1-3H3. The smallest absolute Gasteiger partial charge is 0.0803 e. The molecule has 2 rings (SSSR count). The zero-order valence-corrected chi connectivity index (χ0v) is 15.2. The molecule has 0 fully saturated rings. The van der Waals surface area contributed by atoms with E-state index in [0.717, 1.165) is 58.7 Å². The average molecular weight is 372 g/mol. The van der Waals surface area contributed by atoms with Crippen molar-refractivity contribution in [3.63, 3.8) is 0 Å². The van der Waals surface area contributed by atoms with Gasteiger partial charge in [0.1, 0.15) is 0 Å². The van der Waals surface area contributed by atoms with Crippen molar-refractivity contribution in [1.82, 2.24) is 19.4 Å². The molecular weight excluding hydrogens is 350 g/mol. The Morgan fingerprint density at radius 3 is 2.67 bits per heavy atom. The van der Waals surface area contributed by atoms with Gasteiger partial charge < -0.3 is 5.73 Å². The van der Waals surface area contributed by atoms with Crippen molar-refractivity contribution in [2.24, 2.45) is 5.73 Å². The van der Waals surface area contributed by atoms with Crippen LogP contribution in [-0.2, 0) is 25.8 Å². The lowest BCUT2D eigenvalue weighted by atomic mass is 10.1. The van der Waals surface area contributed by atoms with Crippen LogP contribution in [0.25, 0.3) is 0 Å². The van der Waals surface area contributed by atoms with Crippen molar-refractivity contribution in [3.05, 3.63) is 26.4 Å². The molecule has 2 aromatic heterocycles. The molecule has 2 N–H and O–H groups in total. The van der Waals surface area contributed by atoms with E-state index in [2.05, 4.69) is 51.4 Å². The van der Waals surface area contributed by atoms with Gasteiger partial charge in [0.05, 0.1) is 26.4 Å². The second kappa shape index (κ2) is 7.47. The number of hydrogen-bond donors (Lipinski definition) is 1. The van der Waals surface area contributed by atoms with Crippen LogP contribution in [0.15, 0.2) is 4.47 Å². The van der Waals surface area contributed by atoms with E-state index in [9.17, 15) is 0 Å². The van der Waals surface area contributed by atoms with Crippen LogP contribution >= 0.6 is 27.5 Å². The number of rotatable bonds is 7. The molecule has 5 nitrogen and oxygen atoms in total. The summed E-state index contributed by atoms with van der Waals surface area (Å²) < 4.78 is 7.20. The van der Waals surface area contributed by atoms with Crippen LogP contribution in [-0.4, -0.2) is 19.4 Å². The first-order valence-corrected chi connectivity index (χ1v) is 8.99. The van der Waals surface area contributed by atoms with E-state index in [1.165, 1.54) is 11.5 Å². The molecule has 21 heavy (non-hydrogen) atoms. The number of halogens is 1. The molecule has 0 spiro atoms. The van der Waals surface area contributed by atoms with Gasteiger partial charge in [-0.3, -0.25) is 4.68 Å². The third-order valence-corrected chi connectivity index (χ3v) is 5.33. The summed E-state index contributed by atoms with van der Waals surface area (Å²) in [7, 11) is 0. The average Bonchev–Trinajstić information content (AvgIpc) is 3.05. The number of nitrogens with two attached hydrogens (primary N) is 1. The van der Waals surface area contributed by atoms with E-state index in [4.69, 9.17) is 5.73 Å². The summed E-state index contributed by atoms with van der Waals surface area (Å²) >= 11 is 5.10. The van der Waals surface area contributed by atoms with E-state index in [1.807, 2.05) is 4.68 Å². The summed E-state index contributed by atoms with van der Waals surface area (Å²) in [6.07, 6.45) is 3.66. The summed E-state index contributed by atoms with van der Waals surface area (Å²) in [6.45, 7) is 7.21. The molecule has 116 valence electrons. The van der Waals surface area contributed by atoms with Crippen LogP contribution in [0.1, 0.15) is 55.2 Å². The highest BCUT2D eigenvalue weighted by molar-refractivity contribution is 9.10. The Kier molecular flexibility index (Phi) is 5.89. The second-order valence-corrected chi connectivity index (χ2v) is 6.60. The molecular formula is C14H22BrN5S. The zero-order valence-electron chi connectivity index (χ0n) is 12.8. The molecule has 0 amide bonds. The number of hydrogen-bond acceptors (Lipinski definition) is 5. The van der Waals surface area contributed by atoms with E-state index >= 15 is 0 Å². The molecule has 1 unspecified atom stereocenters. The van der Waals surface area contributed by atoms with Crippen molar-refractivity contribution in [3.8, 4) is 0 Å². The third kappa shape index (κ3) is 3.52. The zero-order chi connectivity index (χ0) is 15.4. The Morgan fingerprint density at radius 2 is 2.05 bits per heavy atom. The molecule has 0 bridgehead atoms. The molecule has 0 radical (unpaired) electrons. The van der Waals surface area contributed by atoms with Crippen molar-refractivity contribution < 1.29 is 0 Å². The number of aromatic nitrogens is 4. The van der Waals surface area contributed by atoms with Crippen LogP contribution in [0.3, 0.4) is 0 Å². The Bertz CT molecular complexity index is 592. The maximum atomic E-state index is 6.41. The molecule has 0 saturated carbocycles. The molecule has 0 aliphatic carbocycles. The first-order chi connectivity index (χ1) is 10.1. The minimum Gasteiger partial charge on any atom is -0.323 e. The van der Waals surface area contributed by atoms with Gasteiger partial charge in [-0.05, 0) is 47.2 Å². The fourth-order valence-electron chi connectivity index (χ4n) is 2.42.